The van der Waals surface area contributed by atoms with E-state index in [1.165, 1.54) is 11.3 Å². The average Bonchev–Trinajstić information content (AvgIpc) is 2.60. The molecule has 78 valence electrons. The van der Waals surface area contributed by atoms with Crippen LogP contribution in [0.5, 0.6) is 0 Å². The van der Waals surface area contributed by atoms with Crippen molar-refractivity contribution in [3.8, 4) is 0 Å². The minimum absolute atomic E-state index is 0.427. The average molecular weight is 275 g/mol. The van der Waals surface area contributed by atoms with Crippen LogP contribution in [0.2, 0.25) is 0 Å². The Hall–Kier alpha value is 0.140. The highest BCUT2D eigenvalue weighted by Crippen LogP contribution is 2.38. The maximum atomic E-state index is 10.3. The number of halogens is 1. The van der Waals surface area contributed by atoms with E-state index in [1.54, 1.807) is 11.3 Å². The predicted molar refractivity (Wildman–Crippen MR) is 63.7 cm³/mol. The van der Waals surface area contributed by atoms with Crippen molar-refractivity contribution in [3.63, 3.8) is 0 Å². The lowest BCUT2D eigenvalue weighted by atomic mass is 9.96. The lowest BCUT2D eigenvalue weighted by Crippen LogP contribution is -2.27. The predicted octanol–water partition coefficient (Wildman–Crippen LogP) is 3.60. The largest absolute Gasteiger partial charge is 0.390 e. The highest BCUT2D eigenvalue weighted by molar-refractivity contribution is 9.11. The van der Waals surface area contributed by atoms with Crippen LogP contribution >= 0.6 is 27.3 Å². The summed E-state index contributed by atoms with van der Waals surface area (Å²) in [6.45, 7) is 2.22. The summed E-state index contributed by atoms with van der Waals surface area (Å²) in [7, 11) is 0. The van der Waals surface area contributed by atoms with Crippen molar-refractivity contribution in [1.29, 1.82) is 0 Å². The molecule has 1 aliphatic rings. The van der Waals surface area contributed by atoms with Gasteiger partial charge in [-0.05, 0) is 53.2 Å². The molecule has 2 atom stereocenters. The summed E-state index contributed by atoms with van der Waals surface area (Å²) in [6.07, 6.45) is 3.92. The SMILES string of the molecule is CC1CCC(O)(Cc2ccc(Br)s2)C1. The molecule has 1 N–H and O–H groups in total. The zero-order chi connectivity index (χ0) is 10.2. The van der Waals surface area contributed by atoms with Crippen LogP contribution in [0.3, 0.4) is 0 Å². The molecule has 1 aliphatic carbocycles. The first kappa shape index (κ1) is 10.7. The zero-order valence-corrected chi connectivity index (χ0v) is 10.7. The van der Waals surface area contributed by atoms with Gasteiger partial charge in [0.05, 0.1) is 9.39 Å². The van der Waals surface area contributed by atoms with Gasteiger partial charge in [0.25, 0.3) is 0 Å². The topological polar surface area (TPSA) is 20.2 Å². The van der Waals surface area contributed by atoms with Gasteiger partial charge in [-0.15, -0.1) is 11.3 Å². The highest BCUT2D eigenvalue weighted by Gasteiger charge is 2.35. The second-order valence-corrected chi connectivity index (χ2v) is 7.00. The van der Waals surface area contributed by atoms with E-state index in [4.69, 9.17) is 0 Å². The number of hydrogen-bond acceptors (Lipinski definition) is 2. The summed E-state index contributed by atoms with van der Waals surface area (Å²) in [5.74, 6) is 0.684. The van der Waals surface area contributed by atoms with Crippen molar-refractivity contribution in [2.45, 2.75) is 38.2 Å². The molecule has 0 amide bonds. The summed E-state index contributed by atoms with van der Waals surface area (Å²) in [5.41, 5.74) is -0.427. The first-order valence-corrected chi connectivity index (χ1v) is 6.65. The van der Waals surface area contributed by atoms with E-state index in [0.29, 0.717) is 5.92 Å². The van der Waals surface area contributed by atoms with Crippen molar-refractivity contribution in [3.05, 3.63) is 20.8 Å². The van der Waals surface area contributed by atoms with E-state index >= 15 is 0 Å². The molecule has 1 nitrogen and oxygen atoms in total. The quantitative estimate of drug-likeness (QED) is 0.874. The Labute approximate surface area is 97.3 Å². The molecule has 1 aromatic rings. The molecule has 1 heterocycles. The van der Waals surface area contributed by atoms with Crippen molar-refractivity contribution in [2.75, 3.05) is 0 Å². The van der Waals surface area contributed by atoms with E-state index in [9.17, 15) is 5.11 Å². The molecule has 0 spiro atoms. The fourth-order valence-electron chi connectivity index (χ4n) is 2.30. The summed E-state index contributed by atoms with van der Waals surface area (Å²) in [5, 5.41) is 10.3. The second kappa shape index (κ2) is 3.95. The maximum Gasteiger partial charge on any atom is 0.0701 e. The smallest absolute Gasteiger partial charge is 0.0701 e. The van der Waals surface area contributed by atoms with Gasteiger partial charge in [0.1, 0.15) is 0 Å². The van der Waals surface area contributed by atoms with Gasteiger partial charge in [0.2, 0.25) is 0 Å². The Morgan fingerprint density at radius 2 is 2.43 bits per heavy atom. The van der Waals surface area contributed by atoms with Gasteiger partial charge in [-0.25, -0.2) is 0 Å². The first-order valence-electron chi connectivity index (χ1n) is 5.04. The Morgan fingerprint density at radius 3 is 2.93 bits per heavy atom. The fourth-order valence-corrected chi connectivity index (χ4v) is 3.92. The summed E-state index contributed by atoms with van der Waals surface area (Å²) in [6, 6.07) is 4.16. The molecule has 0 aliphatic heterocycles. The third kappa shape index (κ3) is 2.38. The first-order chi connectivity index (χ1) is 6.57. The third-order valence-corrected chi connectivity index (χ3v) is 4.59. The lowest BCUT2D eigenvalue weighted by Gasteiger charge is -2.21. The van der Waals surface area contributed by atoms with Gasteiger partial charge in [0.15, 0.2) is 0 Å². The lowest BCUT2D eigenvalue weighted by molar-refractivity contribution is 0.0454. The molecule has 0 saturated heterocycles. The Balaban J connectivity index is 2.03. The van der Waals surface area contributed by atoms with Crippen molar-refractivity contribution in [2.24, 2.45) is 5.92 Å². The van der Waals surface area contributed by atoms with Gasteiger partial charge >= 0.3 is 0 Å². The molecule has 0 aromatic carbocycles. The molecule has 14 heavy (non-hydrogen) atoms. The van der Waals surface area contributed by atoms with Gasteiger partial charge in [-0.2, -0.15) is 0 Å². The normalized spacial score (nSPS) is 32.4. The van der Waals surface area contributed by atoms with E-state index in [-0.39, 0.29) is 0 Å². The minimum atomic E-state index is -0.427. The second-order valence-electron chi connectivity index (χ2n) is 4.45. The highest BCUT2D eigenvalue weighted by atomic mass is 79.9. The molecule has 2 rings (SSSR count). The van der Waals surface area contributed by atoms with Crippen molar-refractivity contribution < 1.29 is 5.11 Å². The molecular weight excluding hydrogens is 260 g/mol. The van der Waals surface area contributed by atoms with Crippen LogP contribution in [0, 0.1) is 5.92 Å². The van der Waals surface area contributed by atoms with Gasteiger partial charge < -0.3 is 5.11 Å². The molecule has 2 unspecified atom stereocenters. The molecule has 0 bridgehead atoms. The van der Waals surface area contributed by atoms with E-state index in [0.717, 1.165) is 23.0 Å². The molecule has 0 radical (unpaired) electrons. The zero-order valence-electron chi connectivity index (χ0n) is 8.29. The Kier molecular flexibility index (Phi) is 3.01. The van der Waals surface area contributed by atoms with Gasteiger partial charge in [0, 0.05) is 11.3 Å². The van der Waals surface area contributed by atoms with Crippen LogP contribution in [-0.2, 0) is 6.42 Å². The third-order valence-electron chi connectivity index (χ3n) is 2.96. The van der Waals surface area contributed by atoms with Crippen LogP contribution in [0.1, 0.15) is 31.1 Å². The Bertz CT molecular complexity index is 323. The van der Waals surface area contributed by atoms with Gasteiger partial charge in [-0.1, -0.05) is 6.92 Å². The Morgan fingerprint density at radius 1 is 1.64 bits per heavy atom. The summed E-state index contributed by atoms with van der Waals surface area (Å²) < 4.78 is 1.15. The van der Waals surface area contributed by atoms with Crippen LogP contribution in [0.25, 0.3) is 0 Å². The fraction of sp³-hybridized carbons (Fsp3) is 0.636. The van der Waals surface area contributed by atoms with Crippen LogP contribution in [0.15, 0.2) is 15.9 Å². The van der Waals surface area contributed by atoms with Crippen LogP contribution in [0.4, 0.5) is 0 Å². The maximum absolute atomic E-state index is 10.3. The minimum Gasteiger partial charge on any atom is -0.390 e. The molecule has 1 fully saturated rings. The summed E-state index contributed by atoms with van der Waals surface area (Å²) >= 11 is 5.18. The van der Waals surface area contributed by atoms with E-state index in [2.05, 4.69) is 35.0 Å². The number of thiophene rings is 1. The number of hydrogen-bond donors (Lipinski definition) is 1. The standard InChI is InChI=1S/C11H15BrOS/c1-8-4-5-11(13,6-8)7-9-2-3-10(12)14-9/h2-3,8,13H,4-7H2,1H3. The molecule has 1 aromatic heterocycles. The number of aliphatic hydroxyl groups is 1. The monoisotopic (exact) mass is 274 g/mol. The number of rotatable bonds is 2. The van der Waals surface area contributed by atoms with Crippen molar-refractivity contribution in [1.82, 2.24) is 0 Å². The summed E-state index contributed by atoms with van der Waals surface area (Å²) in [4.78, 5) is 1.29. The van der Waals surface area contributed by atoms with Gasteiger partial charge in [-0.3, -0.25) is 0 Å². The van der Waals surface area contributed by atoms with Crippen LogP contribution < -0.4 is 0 Å². The van der Waals surface area contributed by atoms with Crippen molar-refractivity contribution >= 4 is 27.3 Å². The molecular formula is C11H15BrOS. The van der Waals surface area contributed by atoms with Crippen LogP contribution in [-0.4, -0.2) is 10.7 Å². The van der Waals surface area contributed by atoms with E-state index < -0.39 is 5.60 Å². The van der Waals surface area contributed by atoms with E-state index in [1.807, 2.05) is 0 Å². The molecule has 3 heteroatoms. The molecule has 1 saturated carbocycles.